The second-order valence-electron chi connectivity index (χ2n) is 7.35. The van der Waals surface area contributed by atoms with Gasteiger partial charge in [0, 0.05) is 22.7 Å². The number of halogens is 1. The molecule has 0 aliphatic carbocycles. The predicted octanol–water partition coefficient (Wildman–Crippen LogP) is 4.72. The van der Waals surface area contributed by atoms with Crippen molar-refractivity contribution in [3.8, 4) is 23.0 Å². The zero-order valence-electron chi connectivity index (χ0n) is 18.1. The Morgan fingerprint density at radius 3 is 2.58 bits per heavy atom. The Bertz CT molecular complexity index is 1150. The third-order valence-electron chi connectivity index (χ3n) is 5.26. The fraction of sp³-hybridized carbons (Fsp3) is 0.304. The Balaban J connectivity index is 1.50. The number of aromatic nitrogens is 2. The Morgan fingerprint density at radius 1 is 1.09 bits per heavy atom. The number of carbonyl (C=O) groups is 2. The first-order valence-electron chi connectivity index (χ1n) is 10.3. The van der Waals surface area contributed by atoms with E-state index in [0.717, 1.165) is 12.8 Å². The van der Waals surface area contributed by atoms with Gasteiger partial charge in [-0.3, -0.25) is 14.5 Å². The maximum atomic E-state index is 13.2. The monoisotopic (exact) mass is 487 g/mol. The fourth-order valence-electron chi connectivity index (χ4n) is 3.53. The van der Waals surface area contributed by atoms with Crippen LogP contribution in [0.5, 0.6) is 11.5 Å². The van der Waals surface area contributed by atoms with E-state index in [-0.39, 0.29) is 17.0 Å². The Hall–Kier alpha value is -3.04. The van der Waals surface area contributed by atoms with Crippen molar-refractivity contribution in [2.45, 2.75) is 29.7 Å². The molecular formula is C23H22ClN3O5S. The zero-order valence-corrected chi connectivity index (χ0v) is 19.7. The van der Waals surface area contributed by atoms with E-state index in [1.165, 1.54) is 16.7 Å². The fourth-order valence-corrected chi connectivity index (χ4v) is 4.63. The largest absolute Gasteiger partial charge is 0.493 e. The third-order valence-corrected chi connectivity index (χ3v) is 6.60. The van der Waals surface area contributed by atoms with Crippen LogP contribution in [0.3, 0.4) is 0 Å². The predicted molar refractivity (Wildman–Crippen MR) is 124 cm³/mol. The first-order valence-corrected chi connectivity index (χ1v) is 11.6. The number of likely N-dealkylation sites (tertiary alicyclic amines) is 1. The maximum absolute atomic E-state index is 13.2. The van der Waals surface area contributed by atoms with Crippen molar-refractivity contribution in [2.75, 3.05) is 20.8 Å². The van der Waals surface area contributed by atoms with Crippen molar-refractivity contribution in [2.24, 2.45) is 0 Å². The maximum Gasteiger partial charge on any atom is 0.277 e. The lowest BCUT2D eigenvalue weighted by Crippen LogP contribution is -2.41. The molecule has 0 N–H and O–H groups in total. The number of methoxy groups -OCH3 is 2. The highest BCUT2D eigenvalue weighted by Gasteiger charge is 2.33. The molecule has 1 atom stereocenters. The molecule has 1 fully saturated rings. The van der Waals surface area contributed by atoms with Crippen LogP contribution >= 0.6 is 23.4 Å². The average Bonchev–Trinajstić information content (AvgIpc) is 3.23. The lowest BCUT2D eigenvalue weighted by atomic mass is 10.2. The third kappa shape index (κ3) is 5.15. The van der Waals surface area contributed by atoms with Crippen molar-refractivity contribution in [1.82, 2.24) is 15.1 Å². The summed E-state index contributed by atoms with van der Waals surface area (Å²) in [5, 5.41) is 8.49. The van der Waals surface area contributed by atoms with Crippen LogP contribution in [0.1, 0.15) is 29.6 Å². The van der Waals surface area contributed by atoms with Crippen LogP contribution in [0.15, 0.2) is 52.1 Å². The highest BCUT2D eigenvalue weighted by atomic mass is 35.5. The molecule has 1 aliphatic heterocycles. The lowest BCUT2D eigenvalue weighted by Gasteiger charge is -2.21. The number of carbonyl (C=O) groups excluding carboxylic acids is 2. The van der Waals surface area contributed by atoms with Gasteiger partial charge in [-0.05, 0) is 55.3 Å². The van der Waals surface area contributed by atoms with Gasteiger partial charge < -0.3 is 13.9 Å². The molecule has 2 amide bonds. The Labute approximate surface area is 200 Å². The number of hydrogen-bond donors (Lipinski definition) is 0. The minimum absolute atomic E-state index is 0.261. The van der Waals surface area contributed by atoms with E-state index in [1.807, 2.05) is 0 Å². The summed E-state index contributed by atoms with van der Waals surface area (Å²) in [6.07, 6.45) is 2.16. The molecule has 0 spiro atoms. The van der Waals surface area contributed by atoms with Gasteiger partial charge in [-0.2, -0.15) is 0 Å². The highest BCUT2D eigenvalue weighted by molar-refractivity contribution is 8.00. The van der Waals surface area contributed by atoms with Gasteiger partial charge >= 0.3 is 0 Å². The van der Waals surface area contributed by atoms with Gasteiger partial charge in [0.25, 0.3) is 11.1 Å². The molecule has 33 heavy (non-hydrogen) atoms. The highest BCUT2D eigenvalue weighted by Crippen LogP contribution is 2.35. The molecule has 1 unspecified atom stereocenters. The summed E-state index contributed by atoms with van der Waals surface area (Å²) in [4.78, 5) is 27.5. The summed E-state index contributed by atoms with van der Waals surface area (Å²) in [7, 11) is 3.11. The minimum Gasteiger partial charge on any atom is -0.493 e. The summed E-state index contributed by atoms with van der Waals surface area (Å²) in [6, 6.07) is 11.8. The molecule has 8 nitrogen and oxygen atoms in total. The SMILES string of the molecule is COc1ccc(-c2nnc(SC3CCCCN(C(=O)c4ccc(Cl)cc4)C3=O)o2)cc1OC. The van der Waals surface area contributed by atoms with Crippen molar-refractivity contribution < 1.29 is 23.5 Å². The summed E-state index contributed by atoms with van der Waals surface area (Å²) < 4.78 is 16.4. The molecule has 2 aromatic carbocycles. The number of amides is 2. The number of rotatable bonds is 6. The number of ether oxygens (including phenoxy) is 2. The van der Waals surface area contributed by atoms with Crippen LogP contribution in [0.2, 0.25) is 5.02 Å². The van der Waals surface area contributed by atoms with Gasteiger partial charge in [0.1, 0.15) is 0 Å². The minimum atomic E-state index is -0.498. The molecule has 3 aromatic rings. The van der Waals surface area contributed by atoms with Crippen LogP contribution in [0, 0.1) is 0 Å². The second-order valence-corrected chi connectivity index (χ2v) is 8.94. The second kappa shape index (κ2) is 10.3. The van der Waals surface area contributed by atoms with Crippen molar-refractivity contribution in [3.05, 3.63) is 53.1 Å². The molecule has 0 radical (unpaired) electrons. The summed E-state index contributed by atoms with van der Waals surface area (Å²) in [5.41, 5.74) is 1.09. The van der Waals surface area contributed by atoms with Gasteiger partial charge in [-0.25, -0.2) is 0 Å². The van der Waals surface area contributed by atoms with Crippen LogP contribution < -0.4 is 9.47 Å². The quantitative estimate of drug-likeness (QED) is 0.461. The van der Waals surface area contributed by atoms with E-state index in [1.54, 1.807) is 56.7 Å². The van der Waals surface area contributed by atoms with E-state index in [9.17, 15) is 9.59 Å². The number of nitrogens with zero attached hydrogens (tertiary/aromatic N) is 3. The van der Waals surface area contributed by atoms with E-state index in [0.29, 0.717) is 46.5 Å². The van der Waals surface area contributed by atoms with Crippen molar-refractivity contribution in [1.29, 1.82) is 0 Å². The van der Waals surface area contributed by atoms with Gasteiger partial charge in [-0.15, -0.1) is 10.2 Å². The van der Waals surface area contributed by atoms with Crippen molar-refractivity contribution in [3.63, 3.8) is 0 Å². The van der Waals surface area contributed by atoms with E-state index >= 15 is 0 Å². The van der Waals surface area contributed by atoms with Crippen LogP contribution in [-0.2, 0) is 4.79 Å². The molecule has 1 saturated heterocycles. The standard InChI is InChI=1S/C23H22ClN3O5S/c1-30-17-11-8-15(13-18(17)31-2)20-25-26-23(32-20)33-19-5-3-4-12-27(22(19)29)21(28)14-6-9-16(24)10-7-14/h6-11,13,19H,3-5,12H2,1-2H3. The number of benzene rings is 2. The van der Waals surface area contributed by atoms with E-state index in [2.05, 4.69) is 10.2 Å². The lowest BCUT2D eigenvalue weighted by molar-refractivity contribution is -0.127. The van der Waals surface area contributed by atoms with Gasteiger partial charge in [0.2, 0.25) is 11.8 Å². The first-order chi connectivity index (χ1) is 16.0. The Morgan fingerprint density at radius 2 is 1.85 bits per heavy atom. The summed E-state index contributed by atoms with van der Waals surface area (Å²) in [5.74, 6) is 0.834. The van der Waals surface area contributed by atoms with Crippen LogP contribution in [-0.4, -0.2) is 52.9 Å². The van der Waals surface area contributed by atoms with Gasteiger partial charge in [-0.1, -0.05) is 29.8 Å². The smallest absolute Gasteiger partial charge is 0.277 e. The zero-order chi connectivity index (χ0) is 23.4. The van der Waals surface area contributed by atoms with Crippen LogP contribution in [0.4, 0.5) is 0 Å². The molecule has 172 valence electrons. The topological polar surface area (TPSA) is 94.8 Å². The average molecular weight is 488 g/mol. The normalized spacial score (nSPS) is 16.4. The Kier molecular flexibility index (Phi) is 7.20. The van der Waals surface area contributed by atoms with E-state index < -0.39 is 5.25 Å². The molecule has 1 aromatic heterocycles. The van der Waals surface area contributed by atoms with Gasteiger partial charge in [0.15, 0.2) is 11.5 Å². The molecule has 1 aliphatic rings. The molecular weight excluding hydrogens is 466 g/mol. The van der Waals surface area contributed by atoms with Crippen molar-refractivity contribution >= 4 is 35.2 Å². The number of hydrogen-bond acceptors (Lipinski definition) is 8. The molecule has 4 rings (SSSR count). The molecule has 0 bridgehead atoms. The van der Waals surface area contributed by atoms with Crippen LogP contribution in [0.25, 0.3) is 11.5 Å². The van der Waals surface area contributed by atoms with Gasteiger partial charge in [0.05, 0.1) is 19.5 Å². The molecule has 2 heterocycles. The number of imide groups is 1. The molecule has 10 heteroatoms. The van der Waals surface area contributed by atoms with E-state index in [4.69, 9.17) is 25.5 Å². The number of thioether (sulfide) groups is 1. The summed E-state index contributed by atoms with van der Waals surface area (Å²) in [6.45, 7) is 0.373. The first kappa shape index (κ1) is 23.1. The molecule has 0 saturated carbocycles. The summed E-state index contributed by atoms with van der Waals surface area (Å²) >= 11 is 7.09.